The van der Waals surface area contributed by atoms with Gasteiger partial charge in [0.15, 0.2) is 0 Å². The fraction of sp³-hybridized carbons (Fsp3) is 0.857. The Balaban J connectivity index is 1.72. The second kappa shape index (κ2) is 4.97. The van der Waals surface area contributed by atoms with E-state index in [9.17, 15) is 8.42 Å². The van der Waals surface area contributed by atoms with Crippen LogP contribution in [-0.2, 0) is 10.0 Å². The zero-order valence-electron chi connectivity index (χ0n) is 10.9. The second-order valence-electron chi connectivity index (χ2n) is 6.07. The summed E-state index contributed by atoms with van der Waals surface area (Å²) in [6.45, 7) is 0. The number of fused-ring (bicyclic) bond motifs is 2. The summed E-state index contributed by atoms with van der Waals surface area (Å²) in [6, 6.07) is 0.422. The van der Waals surface area contributed by atoms with E-state index < -0.39 is 10.0 Å². The molecule has 18 heavy (non-hydrogen) atoms. The van der Waals surface area contributed by atoms with E-state index in [1.165, 1.54) is 19.3 Å². The van der Waals surface area contributed by atoms with Crippen molar-refractivity contribution < 1.29 is 8.42 Å². The third-order valence-corrected chi connectivity index (χ3v) is 6.85. The highest BCUT2D eigenvalue weighted by molar-refractivity contribution is 7.89. The van der Waals surface area contributed by atoms with Crippen LogP contribution in [-0.4, -0.2) is 30.6 Å². The number of hydrogen-bond donors (Lipinski definition) is 0. The Labute approximate surface area is 110 Å². The minimum Gasteiger partial charge on any atom is -0.212 e. The van der Waals surface area contributed by atoms with Crippen LogP contribution in [0.3, 0.4) is 0 Å². The molecule has 2 atom stereocenters. The third kappa shape index (κ3) is 2.37. The lowest BCUT2D eigenvalue weighted by Gasteiger charge is -2.32. The molecule has 1 aliphatic carbocycles. The predicted molar refractivity (Wildman–Crippen MR) is 72.8 cm³/mol. The van der Waals surface area contributed by atoms with Crippen molar-refractivity contribution in [2.75, 3.05) is 5.75 Å². The summed E-state index contributed by atoms with van der Waals surface area (Å²) in [6.07, 6.45) is 13.2. The molecule has 2 heterocycles. The Kier molecular flexibility index (Phi) is 3.50. The minimum atomic E-state index is -3.04. The molecule has 0 aromatic carbocycles. The van der Waals surface area contributed by atoms with Gasteiger partial charge in [-0.3, -0.25) is 0 Å². The normalized spacial score (nSPS) is 34.0. The van der Waals surface area contributed by atoms with Gasteiger partial charge in [-0.15, -0.1) is 0 Å². The lowest BCUT2D eigenvalue weighted by molar-refractivity contribution is 0.327. The van der Waals surface area contributed by atoms with Gasteiger partial charge in [0.25, 0.3) is 0 Å². The van der Waals surface area contributed by atoms with Crippen LogP contribution in [0.25, 0.3) is 0 Å². The Hall–Kier alpha value is -0.350. The summed E-state index contributed by atoms with van der Waals surface area (Å²) >= 11 is 0. The molecule has 0 N–H and O–H groups in total. The van der Waals surface area contributed by atoms with Crippen molar-refractivity contribution in [3.8, 4) is 0 Å². The molecule has 2 fully saturated rings. The van der Waals surface area contributed by atoms with E-state index in [0.29, 0.717) is 11.7 Å². The molecule has 0 aromatic rings. The summed E-state index contributed by atoms with van der Waals surface area (Å²) in [5.41, 5.74) is 0. The molecule has 0 amide bonds. The van der Waals surface area contributed by atoms with E-state index in [1.807, 2.05) is 4.31 Å². The first-order valence-electron chi connectivity index (χ1n) is 7.35. The summed E-state index contributed by atoms with van der Waals surface area (Å²) in [4.78, 5) is 0. The third-order valence-electron chi connectivity index (χ3n) is 4.74. The van der Waals surface area contributed by atoms with E-state index in [4.69, 9.17) is 0 Å². The smallest absolute Gasteiger partial charge is 0.212 e. The van der Waals surface area contributed by atoms with Gasteiger partial charge < -0.3 is 0 Å². The van der Waals surface area contributed by atoms with Gasteiger partial charge in [0.05, 0.1) is 5.75 Å². The van der Waals surface area contributed by atoms with E-state index in [1.54, 1.807) is 0 Å². The molecule has 3 rings (SSSR count). The second-order valence-corrected chi connectivity index (χ2v) is 7.99. The van der Waals surface area contributed by atoms with Crippen molar-refractivity contribution in [1.29, 1.82) is 0 Å². The van der Waals surface area contributed by atoms with E-state index >= 15 is 0 Å². The predicted octanol–water partition coefficient (Wildman–Crippen LogP) is 2.69. The summed E-state index contributed by atoms with van der Waals surface area (Å²) in [5.74, 6) is 0.808. The average Bonchev–Trinajstić information content (AvgIpc) is 2.62. The highest BCUT2D eigenvalue weighted by Gasteiger charge is 2.42. The van der Waals surface area contributed by atoms with E-state index in [2.05, 4.69) is 12.2 Å². The van der Waals surface area contributed by atoms with Crippen LogP contribution in [0.1, 0.15) is 51.4 Å². The highest BCUT2D eigenvalue weighted by Crippen LogP contribution is 2.36. The van der Waals surface area contributed by atoms with Crippen LogP contribution in [0.4, 0.5) is 0 Å². The molecule has 3 nitrogen and oxygen atoms in total. The van der Waals surface area contributed by atoms with Crippen molar-refractivity contribution in [1.82, 2.24) is 4.31 Å². The van der Waals surface area contributed by atoms with Gasteiger partial charge in [0, 0.05) is 12.1 Å². The molecule has 2 aliphatic heterocycles. The first kappa shape index (κ1) is 12.7. The molecular formula is C14H23NO2S. The lowest BCUT2D eigenvalue weighted by atomic mass is 9.91. The molecule has 1 saturated carbocycles. The summed E-state index contributed by atoms with van der Waals surface area (Å²) < 4.78 is 27.0. The van der Waals surface area contributed by atoms with Gasteiger partial charge in [0.1, 0.15) is 0 Å². The van der Waals surface area contributed by atoms with Gasteiger partial charge in [-0.25, -0.2) is 8.42 Å². The van der Waals surface area contributed by atoms with E-state index in [-0.39, 0.29) is 12.1 Å². The maximum Gasteiger partial charge on any atom is 0.215 e. The van der Waals surface area contributed by atoms with Crippen molar-refractivity contribution in [2.24, 2.45) is 5.92 Å². The van der Waals surface area contributed by atoms with Crippen molar-refractivity contribution in [3.63, 3.8) is 0 Å². The van der Waals surface area contributed by atoms with Crippen molar-refractivity contribution in [3.05, 3.63) is 12.2 Å². The Morgan fingerprint density at radius 1 is 1.06 bits per heavy atom. The van der Waals surface area contributed by atoms with Crippen molar-refractivity contribution >= 4 is 10.0 Å². The first-order valence-corrected chi connectivity index (χ1v) is 8.95. The molecular weight excluding hydrogens is 246 g/mol. The fourth-order valence-electron chi connectivity index (χ4n) is 3.86. The summed E-state index contributed by atoms with van der Waals surface area (Å²) in [5, 5.41) is 0. The molecule has 0 radical (unpaired) electrons. The fourth-order valence-corrected chi connectivity index (χ4v) is 6.19. The lowest BCUT2D eigenvalue weighted by Crippen LogP contribution is -2.44. The zero-order chi connectivity index (χ0) is 12.6. The minimum absolute atomic E-state index is 0.164. The molecule has 1 saturated heterocycles. The molecule has 2 bridgehead atoms. The maximum atomic E-state index is 12.6. The van der Waals surface area contributed by atoms with Gasteiger partial charge in [0.2, 0.25) is 10.0 Å². The Morgan fingerprint density at radius 3 is 2.56 bits per heavy atom. The van der Waals surface area contributed by atoms with Gasteiger partial charge in [-0.2, -0.15) is 4.31 Å². The average molecular weight is 269 g/mol. The molecule has 0 spiro atoms. The highest BCUT2D eigenvalue weighted by atomic mass is 32.2. The molecule has 4 heteroatoms. The Morgan fingerprint density at radius 2 is 1.83 bits per heavy atom. The number of hydrogen-bond acceptors (Lipinski definition) is 2. The van der Waals surface area contributed by atoms with Crippen LogP contribution in [0.2, 0.25) is 0 Å². The van der Waals surface area contributed by atoms with Crippen LogP contribution < -0.4 is 0 Å². The summed E-state index contributed by atoms with van der Waals surface area (Å²) in [7, 11) is -3.04. The van der Waals surface area contributed by atoms with Gasteiger partial charge in [-0.1, -0.05) is 31.4 Å². The molecule has 2 unspecified atom stereocenters. The van der Waals surface area contributed by atoms with Crippen LogP contribution in [0.15, 0.2) is 12.2 Å². The number of rotatable bonds is 3. The molecule has 0 aromatic heterocycles. The van der Waals surface area contributed by atoms with Crippen LogP contribution in [0, 0.1) is 5.92 Å². The monoisotopic (exact) mass is 269 g/mol. The van der Waals surface area contributed by atoms with E-state index in [0.717, 1.165) is 32.1 Å². The largest absolute Gasteiger partial charge is 0.215 e. The number of nitrogens with zero attached hydrogens (tertiary/aromatic N) is 1. The zero-order valence-corrected chi connectivity index (χ0v) is 11.7. The van der Waals surface area contributed by atoms with Crippen LogP contribution >= 0.6 is 0 Å². The quantitative estimate of drug-likeness (QED) is 0.739. The van der Waals surface area contributed by atoms with Crippen LogP contribution in [0.5, 0.6) is 0 Å². The molecule has 3 aliphatic rings. The molecule has 102 valence electrons. The SMILES string of the molecule is O=S(=O)(CC1CCCCC1)N1C2C=CCC1CC2. The standard InChI is InChI=1S/C14H23NO2S/c16-18(17,11-12-5-2-1-3-6-12)15-13-7-4-8-14(15)10-9-13/h4,7,12-14H,1-3,5-6,8-11H2. The number of sulfonamides is 1. The van der Waals surface area contributed by atoms with Gasteiger partial charge in [-0.05, 0) is 38.0 Å². The topological polar surface area (TPSA) is 37.4 Å². The first-order chi connectivity index (χ1) is 8.67. The maximum absolute atomic E-state index is 12.6. The Bertz CT molecular complexity index is 423. The van der Waals surface area contributed by atoms with Gasteiger partial charge >= 0.3 is 0 Å². The van der Waals surface area contributed by atoms with Crippen molar-refractivity contribution in [2.45, 2.75) is 63.5 Å².